The molecule has 90 valence electrons. The number of likely N-dealkylation sites (N-methyl/N-ethyl adjacent to an activating group) is 1. The van der Waals surface area contributed by atoms with Gasteiger partial charge in [0.15, 0.2) is 0 Å². The summed E-state index contributed by atoms with van der Waals surface area (Å²) in [5.74, 6) is 1.06. The summed E-state index contributed by atoms with van der Waals surface area (Å²) < 4.78 is 5.04. The molecule has 2 atom stereocenters. The Hall–Kier alpha value is 0.230. The van der Waals surface area contributed by atoms with Gasteiger partial charge in [-0.1, -0.05) is 6.92 Å². The van der Waals surface area contributed by atoms with Crippen molar-refractivity contribution in [3.8, 4) is 0 Å². The lowest BCUT2D eigenvalue weighted by atomic mass is 9.99. The predicted octanol–water partition coefficient (Wildman–Crippen LogP) is 1.26. The van der Waals surface area contributed by atoms with Crippen LogP contribution in [0.15, 0.2) is 0 Å². The largest absolute Gasteiger partial charge is 0.394 e. The number of aliphatic hydroxyl groups is 1. The Morgan fingerprint density at radius 1 is 1.60 bits per heavy atom. The SMILES string of the molecule is CCNC1(CO)CCC(SCCOC)C1. The molecule has 0 aromatic heterocycles. The van der Waals surface area contributed by atoms with Crippen LogP contribution in [0.4, 0.5) is 0 Å². The molecule has 0 radical (unpaired) electrons. The standard InChI is InChI=1S/C11H23NO2S/c1-3-12-11(9-13)5-4-10(8-11)15-7-6-14-2/h10,12-13H,3-9H2,1-2H3. The van der Waals surface area contributed by atoms with E-state index < -0.39 is 0 Å². The second-order valence-electron chi connectivity index (χ2n) is 4.20. The Labute approximate surface area is 97.0 Å². The van der Waals surface area contributed by atoms with Crippen LogP contribution in [0, 0.1) is 0 Å². The second-order valence-corrected chi connectivity index (χ2v) is 5.61. The lowest BCUT2D eigenvalue weighted by Gasteiger charge is -2.28. The van der Waals surface area contributed by atoms with Crippen LogP contribution in [0.2, 0.25) is 0 Å². The molecule has 0 spiro atoms. The van der Waals surface area contributed by atoms with Gasteiger partial charge >= 0.3 is 0 Å². The molecule has 0 aromatic rings. The predicted molar refractivity (Wildman–Crippen MR) is 65.5 cm³/mol. The zero-order valence-electron chi connectivity index (χ0n) is 9.79. The minimum absolute atomic E-state index is 0.000507. The summed E-state index contributed by atoms with van der Waals surface area (Å²) >= 11 is 1.98. The van der Waals surface area contributed by atoms with Crippen LogP contribution in [0.3, 0.4) is 0 Å². The molecule has 2 unspecified atom stereocenters. The van der Waals surface area contributed by atoms with E-state index in [1.165, 1.54) is 6.42 Å². The molecule has 2 N–H and O–H groups in total. The minimum Gasteiger partial charge on any atom is -0.394 e. The molecule has 0 amide bonds. The van der Waals surface area contributed by atoms with Gasteiger partial charge in [0.05, 0.1) is 13.2 Å². The maximum absolute atomic E-state index is 9.44. The van der Waals surface area contributed by atoms with Crippen molar-refractivity contribution in [2.24, 2.45) is 0 Å². The number of ether oxygens (including phenoxy) is 1. The van der Waals surface area contributed by atoms with E-state index in [2.05, 4.69) is 12.2 Å². The van der Waals surface area contributed by atoms with Crippen molar-refractivity contribution in [3.63, 3.8) is 0 Å². The van der Waals surface area contributed by atoms with Gasteiger partial charge in [0.25, 0.3) is 0 Å². The highest BCUT2D eigenvalue weighted by atomic mass is 32.2. The van der Waals surface area contributed by atoms with Crippen molar-refractivity contribution in [2.45, 2.75) is 37.0 Å². The zero-order chi connectivity index (χ0) is 11.1. The maximum Gasteiger partial charge on any atom is 0.0613 e. The number of aliphatic hydroxyl groups excluding tert-OH is 1. The van der Waals surface area contributed by atoms with Gasteiger partial charge in [-0.15, -0.1) is 0 Å². The van der Waals surface area contributed by atoms with Crippen molar-refractivity contribution in [3.05, 3.63) is 0 Å². The number of hydrogen-bond acceptors (Lipinski definition) is 4. The smallest absolute Gasteiger partial charge is 0.0613 e. The van der Waals surface area contributed by atoms with Gasteiger partial charge < -0.3 is 15.2 Å². The summed E-state index contributed by atoms with van der Waals surface area (Å²) in [6, 6.07) is 0. The first kappa shape index (κ1) is 13.3. The van der Waals surface area contributed by atoms with Crippen LogP contribution in [0.5, 0.6) is 0 Å². The molecule has 1 fully saturated rings. The van der Waals surface area contributed by atoms with Crippen molar-refractivity contribution in [1.29, 1.82) is 0 Å². The van der Waals surface area contributed by atoms with E-state index in [0.29, 0.717) is 5.25 Å². The Kier molecular flexibility index (Phi) is 5.97. The molecule has 0 aromatic carbocycles. The third-order valence-corrected chi connectivity index (χ3v) is 4.33. The third-order valence-electron chi connectivity index (χ3n) is 3.06. The summed E-state index contributed by atoms with van der Waals surface area (Å²) in [6.45, 7) is 4.13. The van der Waals surface area contributed by atoms with E-state index in [-0.39, 0.29) is 12.1 Å². The molecule has 0 saturated heterocycles. The second kappa shape index (κ2) is 6.74. The van der Waals surface area contributed by atoms with Crippen LogP contribution in [0.1, 0.15) is 26.2 Å². The van der Waals surface area contributed by atoms with Gasteiger partial charge in [0.2, 0.25) is 0 Å². The monoisotopic (exact) mass is 233 g/mol. The van der Waals surface area contributed by atoms with Gasteiger partial charge in [-0.05, 0) is 25.8 Å². The minimum atomic E-state index is -0.000507. The van der Waals surface area contributed by atoms with E-state index in [1.54, 1.807) is 7.11 Å². The zero-order valence-corrected chi connectivity index (χ0v) is 10.6. The topological polar surface area (TPSA) is 41.5 Å². The highest BCUT2D eigenvalue weighted by Gasteiger charge is 2.37. The van der Waals surface area contributed by atoms with Gasteiger partial charge in [0, 0.05) is 23.7 Å². The van der Waals surface area contributed by atoms with Crippen LogP contribution < -0.4 is 5.32 Å². The number of nitrogens with one attached hydrogen (secondary N) is 1. The van der Waals surface area contributed by atoms with Crippen molar-refractivity contribution in [2.75, 3.05) is 32.6 Å². The Bertz CT molecular complexity index is 178. The fraction of sp³-hybridized carbons (Fsp3) is 1.00. The summed E-state index contributed by atoms with van der Waals surface area (Å²) in [6.07, 6.45) is 3.40. The lowest BCUT2D eigenvalue weighted by molar-refractivity contribution is 0.167. The van der Waals surface area contributed by atoms with Crippen molar-refractivity contribution >= 4 is 11.8 Å². The molecule has 1 rings (SSSR count). The molecule has 4 heteroatoms. The summed E-state index contributed by atoms with van der Waals surface area (Å²) in [4.78, 5) is 0. The fourth-order valence-electron chi connectivity index (χ4n) is 2.25. The molecule has 1 aliphatic rings. The van der Waals surface area contributed by atoms with Gasteiger partial charge in [-0.2, -0.15) is 11.8 Å². The van der Waals surface area contributed by atoms with Crippen LogP contribution >= 0.6 is 11.8 Å². The number of methoxy groups -OCH3 is 1. The van der Waals surface area contributed by atoms with Gasteiger partial charge in [-0.25, -0.2) is 0 Å². The van der Waals surface area contributed by atoms with E-state index in [9.17, 15) is 5.11 Å². The first-order valence-electron chi connectivity index (χ1n) is 5.73. The highest BCUT2D eigenvalue weighted by Crippen LogP contribution is 2.36. The molecule has 1 aliphatic carbocycles. The van der Waals surface area contributed by atoms with Gasteiger partial charge in [-0.3, -0.25) is 0 Å². The molecule has 3 nitrogen and oxygen atoms in total. The quantitative estimate of drug-likeness (QED) is 0.650. The summed E-state index contributed by atoms with van der Waals surface area (Å²) in [7, 11) is 1.74. The average molecular weight is 233 g/mol. The Morgan fingerprint density at radius 2 is 2.40 bits per heavy atom. The molecule has 15 heavy (non-hydrogen) atoms. The molecule has 0 heterocycles. The van der Waals surface area contributed by atoms with Crippen LogP contribution in [0.25, 0.3) is 0 Å². The number of rotatable bonds is 7. The summed E-state index contributed by atoms with van der Waals surface area (Å²) in [5, 5.41) is 13.6. The molecular formula is C11H23NO2S. The first-order chi connectivity index (χ1) is 7.26. The normalized spacial score (nSPS) is 31.0. The first-order valence-corrected chi connectivity index (χ1v) is 6.77. The molecule has 0 bridgehead atoms. The lowest BCUT2D eigenvalue weighted by Crippen LogP contribution is -2.46. The van der Waals surface area contributed by atoms with E-state index in [4.69, 9.17) is 4.74 Å². The highest BCUT2D eigenvalue weighted by molar-refractivity contribution is 7.99. The van der Waals surface area contributed by atoms with Gasteiger partial charge in [0.1, 0.15) is 0 Å². The van der Waals surface area contributed by atoms with E-state index >= 15 is 0 Å². The average Bonchev–Trinajstić information content (AvgIpc) is 2.64. The molecule has 0 aliphatic heterocycles. The number of thioether (sulfide) groups is 1. The molecule has 1 saturated carbocycles. The van der Waals surface area contributed by atoms with Crippen LogP contribution in [-0.2, 0) is 4.74 Å². The van der Waals surface area contributed by atoms with Crippen molar-refractivity contribution in [1.82, 2.24) is 5.32 Å². The fourth-order valence-corrected chi connectivity index (χ4v) is 3.57. The van der Waals surface area contributed by atoms with Crippen molar-refractivity contribution < 1.29 is 9.84 Å². The third kappa shape index (κ3) is 3.94. The molecular weight excluding hydrogens is 210 g/mol. The number of hydrogen-bond donors (Lipinski definition) is 2. The van der Waals surface area contributed by atoms with Crippen LogP contribution in [-0.4, -0.2) is 48.5 Å². The van der Waals surface area contributed by atoms with E-state index in [1.807, 2.05) is 11.8 Å². The summed E-state index contributed by atoms with van der Waals surface area (Å²) in [5.41, 5.74) is -0.000507. The Balaban J connectivity index is 2.29. The van der Waals surface area contributed by atoms with E-state index in [0.717, 1.165) is 31.7 Å². The Morgan fingerprint density at radius 3 is 3.00 bits per heavy atom. The maximum atomic E-state index is 9.44.